The molecular weight excluding hydrogens is 311 g/mol. The zero-order valence-corrected chi connectivity index (χ0v) is 13.0. The van der Waals surface area contributed by atoms with Crippen molar-refractivity contribution in [2.75, 3.05) is 19.0 Å². The van der Waals surface area contributed by atoms with E-state index < -0.39 is 0 Å². The Morgan fingerprint density at radius 3 is 3.04 bits per heavy atom. The van der Waals surface area contributed by atoms with Gasteiger partial charge in [0.15, 0.2) is 5.82 Å². The maximum Gasteiger partial charge on any atom is 0.224 e. The van der Waals surface area contributed by atoms with Gasteiger partial charge in [-0.1, -0.05) is 0 Å². The molecule has 0 saturated heterocycles. The molecule has 24 heavy (non-hydrogen) atoms. The number of benzene rings is 1. The van der Waals surface area contributed by atoms with Gasteiger partial charge in [0.25, 0.3) is 0 Å². The Kier molecular flexibility index (Phi) is 3.60. The van der Waals surface area contributed by atoms with Crippen molar-refractivity contribution in [2.45, 2.75) is 13.0 Å². The van der Waals surface area contributed by atoms with Gasteiger partial charge in [-0.15, -0.1) is 0 Å². The van der Waals surface area contributed by atoms with Crippen LogP contribution in [0.1, 0.15) is 11.1 Å². The van der Waals surface area contributed by atoms with Crippen LogP contribution in [0.5, 0.6) is 11.6 Å². The summed E-state index contributed by atoms with van der Waals surface area (Å²) in [5.41, 5.74) is 2.15. The molecule has 4 rings (SSSR count). The van der Waals surface area contributed by atoms with Crippen molar-refractivity contribution in [1.82, 2.24) is 15.0 Å². The lowest BCUT2D eigenvalue weighted by atomic mass is 10.0. The molecule has 7 heteroatoms. The summed E-state index contributed by atoms with van der Waals surface area (Å²) < 4.78 is 25.0. The Labute approximate surface area is 137 Å². The molecule has 0 aliphatic carbocycles. The molecule has 0 spiro atoms. The second kappa shape index (κ2) is 5.92. The fourth-order valence-electron chi connectivity index (χ4n) is 2.94. The molecule has 0 fully saturated rings. The average molecular weight is 326 g/mol. The van der Waals surface area contributed by atoms with E-state index in [1.165, 1.54) is 12.4 Å². The third-order valence-corrected chi connectivity index (χ3v) is 4.08. The smallest absolute Gasteiger partial charge is 0.224 e. The summed E-state index contributed by atoms with van der Waals surface area (Å²) in [4.78, 5) is 12.7. The van der Waals surface area contributed by atoms with Gasteiger partial charge in [-0.3, -0.25) is 0 Å². The molecule has 3 aromatic rings. The van der Waals surface area contributed by atoms with E-state index in [-0.39, 0.29) is 5.82 Å². The van der Waals surface area contributed by atoms with Crippen LogP contribution >= 0.6 is 0 Å². The minimum absolute atomic E-state index is 0.251. The first-order chi connectivity index (χ1) is 11.8. The van der Waals surface area contributed by atoms with Crippen molar-refractivity contribution in [3.8, 4) is 11.6 Å². The molecule has 122 valence electrons. The Morgan fingerprint density at radius 2 is 2.17 bits per heavy atom. The summed E-state index contributed by atoms with van der Waals surface area (Å²) in [5, 5.41) is 3.92. The van der Waals surface area contributed by atoms with Crippen LogP contribution in [0.15, 0.2) is 30.7 Å². The number of nitrogens with zero attached hydrogens (tertiary/aromatic N) is 3. The number of methoxy groups -OCH3 is 1. The topological polar surface area (TPSA) is 69.2 Å². The molecule has 0 saturated carbocycles. The summed E-state index contributed by atoms with van der Waals surface area (Å²) in [5.74, 6) is 1.54. The number of fused-ring (bicyclic) bond motifs is 2. The van der Waals surface area contributed by atoms with Crippen LogP contribution in [0.2, 0.25) is 0 Å². The van der Waals surface area contributed by atoms with Crippen molar-refractivity contribution < 1.29 is 13.9 Å². The van der Waals surface area contributed by atoms with Crippen LogP contribution in [0.25, 0.3) is 10.9 Å². The normalized spacial score (nSPS) is 12.8. The number of aromatic nitrogens is 3. The molecule has 0 atom stereocenters. The first-order valence-electron chi connectivity index (χ1n) is 7.58. The van der Waals surface area contributed by atoms with E-state index in [9.17, 15) is 4.39 Å². The molecule has 0 unspecified atom stereocenters. The van der Waals surface area contributed by atoms with Crippen molar-refractivity contribution in [3.63, 3.8) is 0 Å². The number of ether oxygens (including phenoxy) is 2. The van der Waals surface area contributed by atoms with E-state index in [0.29, 0.717) is 42.4 Å². The minimum Gasteiger partial charge on any atom is -0.493 e. The molecule has 0 amide bonds. The van der Waals surface area contributed by atoms with E-state index >= 15 is 0 Å². The Hall–Kier alpha value is -2.96. The molecule has 2 aromatic heterocycles. The van der Waals surface area contributed by atoms with Crippen molar-refractivity contribution in [3.05, 3.63) is 47.7 Å². The van der Waals surface area contributed by atoms with Gasteiger partial charge in [0, 0.05) is 30.3 Å². The van der Waals surface area contributed by atoms with Crippen LogP contribution in [0.3, 0.4) is 0 Å². The molecule has 6 nitrogen and oxygen atoms in total. The van der Waals surface area contributed by atoms with Crippen LogP contribution < -0.4 is 14.8 Å². The lowest BCUT2D eigenvalue weighted by Gasteiger charge is -2.12. The maximum atomic E-state index is 14.2. The van der Waals surface area contributed by atoms with E-state index in [4.69, 9.17) is 9.47 Å². The number of nitrogens with one attached hydrogen (secondary N) is 1. The van der Waals surface area contributed by atoms with Crippen molar-refractivity contribution >= 4 is 16.7 Å². The van der Waals surface area contributed by atoms with E-state index in [1.807, 2.05) is 0 Å². The zero-order valence-electron chi connectivity index (χ0n) is 13.0. The first-order valence-corrected chi connectivity index (χ1v) is 7.58. The summed E-state index contributed by atoms with van der Waals surface area (Å²) >= 11 is 0. The molecule has 1 aliphatic heterocycles. The van der Waals surface area contributed by atoms with E-state index in [0.717, 1.165) is 16.7 Å². The van der Waals surface area contributed by atoms with Gasteiger partial charge in [0.1, 0.15) is 23.4 Å². The monoisotopic (exact) mass is 326 g/mol. The van der Waals surface area contributed by atoms with E-state index in [1.54, 1.807) is 25.4 Å². The van der Waals surface area contributed by atoms with Gasteiger partial charge in [-0.05, 0) is 18.2 Å². The van der Waals surface area contributed by atoms with Crippen LogP contribution in [-0.2, 0) is 13.0 Å². The standard InChI is InChI=1S/C17H15FN4O2/c1-23-17-11-4-6-19-16(15(11)21-9-22-17)20-8-12-10-5-7-24-14(10)3-2-13(12)18/h2-4,6,9H,5,7-8H2,1H3,(H,19,20). The molecular formula is C17H15FN4O2. The van der Waals surface area contributed by atoms with Crippen LogP contribution in [-0.4, -0.2) is 28.7 Å². The lowest BCUT2D eigenvalue weighted by molar-refractivity contribution is 0.356. The highest BCUT2D eigenvalue weighted by Gasteiger charge is 2.19. The number of rotatable bonds is 4. The second-order valence-electron chi connectivity index (χ2n) is 5.39. The number of hydrogen-bond donors (Lipinski definition) is 1. The highest BCUT2D eigenvalue weighted by molar-refractivity contribution is 5.91. The fraction of sp³-hybridized carbons (Fsp3) is 0.235. The van der Waals surface area contributed by atoms with Gasteiger partial charge in [-0.2, -0.15) is 0 Å². The Bertz CT molecular complexity index is 916. The molecule has 0 radical (unpaired) electrons. The molecule has 0 bridgehead atoms. The predicted molar refractivity (Wildman–Crippen MR) is 86.8 cm³/mol. The van der Waals surface area contributed by atoms with Gasteiger partial charge in [0.05, 0.1) is 19.1 Å². The lowest BCUT2D eigenvalue weighted by Crippen LogP contribution is -2.07. The minimum atomic E-state index is -0.251. The number of hydrogen-bond acceptors (Lipinski definition) is 6. The molecule has 3 heterocycles. The SMILES string of the molecule is COc1ncnc2c(NCc3c(F)ccc4c3CCO4)nccc12. The third-order valence-electron chi connectivity index (χ3n) is 4.08. The Balaban J connectivity index is 1.68. The summed E-state index contributed by atoms with van der Waals surface area (Å²) in [6, 6.07) is 4.90. The van der Waals surface area contributed by atoms with Crippen LogP contribution in [0.4, 0.5) is 10.2 Å². The summed E-state index contributed by atoms with van der Waals surface area (Å²) in [6.07, 6.45) is 3.77. The number of pyridine rings is 1. The van der Waals surface area contributed by atoms with Crippen molar-refractivity contribution in [2.24, 2.45) is 0 Å². The molecule has 1 aliphatic rings. The van der Waals surface area contributed by atoms with Gasteiger partial charge in [0.2, 0.25) is 5.88 Å². The zero-order chi connectivity index (χ0) is 16.5. The number of halogens is 1. The first kappa shape index (κ1) is 14.6. The van der Waals surface area contributed by atoms with Gasteiger partial charge >= 0.3 is 0 Å². The number of anilines is 1. The van der Waals surface area contributed by atoms with E-state index in [2.05, 4.69) is 20.3 Å². The maximum absolute atomic E-state index is 14.2. The quantitative estimate of drug-likeness (QED) is 0.795. The second-order valence-corrected chi connectivity index (χ2v) is 5.39. The highest BCUT2D eigenvalue weighted by atomic mass is 19.1. The summed E-state index contributed by atoms with van der Waals surface area (Å²) in [7, 11) is 1.55. The van der Waals surface area contributed by atoms with Crippen molar-refractivity contribution in [1.29, 1.82) is 0 Å². The largest absolute Gasteiger partial charge is 0.493 e. The third kappa shape index (κ3) is 2.38. The highest BCUT2D eigenvalue weighted by Crippen LogP contribution is 2.31. The summed E-state index contributed by atoms with van der Waals surface area (Å²) in [6.45, 7) is 0.888. The predicted octanol–water partition coefficient (Wildman–Crippen LogP) is 2.72. The molecule has 1 aromatic carbocycles. The van der Waals surface area contributed by atoms with Crippen LogP contribution in [0, 0.1) is 5.82 Å². The molecule has 1 N–H and O–H groups in total. The Morgan fingerprint density at radius 1 is 1.25 bits per heavy atom. The van der Waals surface area contributed by atoms with Gasteiger partial charge in [-0.25, -0.2) is 19.3 Å². The average Bonchev–Trinajstić information content (AvgIpc) is 3.09. The fourth-order valence-corrected chi connectivity index (χ4v) is 2.94. The van der Waals surface area contributed by atoms with Gasteiger partial charge < -0.3 is 14.8 Å².